The number of benzene rings is 2. The summed E-state index contributed by atoms with van der Waals surface area (Å²) in [6, 6.07) is 11.8. The summed E-state index contributed by atoms with van der Waals surface area (Å²) in [4.78, 5) is 0. The topological polar surface area (TPSA) is 54.9 Å². The normalized spacial score (nSPS) is 10.5. The average molecular weight is 347 g/mol. The van der Waals surface area contributed by atoms with Crippen molar-refractivity contribution in [3.63, 3.8) is 0 Å². The molecule has 126 valence electrons. The first-order valence-corrected chi connectivity index (χ1v) is 7.60. The van der Waals surface area contributed by atoms with Crippen LogP contribution < -0.4 is 20.2 Å². The first-order valence-electron chi connectivity index (χ1n) is 7.19. The van der Waals surface area contributed by atoms with Gasteiger partial charge in [0.25, 0.3) is 0 Å². The van der Waals surface area contributed by atoms with E-state index in [0.717, 1.165) is 0 Å². The van der Waals surface area contributed by atoms with E-state index in [2.05, 4.69) is 15.8 Å². The summed E-state index contributed by atoms with van der Waals surface area (Å²) in [7, 11) is 3.24. The van der Waals surface area contributed by atoms with Crippen LogP contribution in [-0.4, -0.2) is 25.5 Å². The molecule has 0 unspecified atom stereocenters. The second-order valence-corrected chi connectivity index (χ2v) is 5.12. The molecule has 0 aliphatic carbocycles. The molecular formula is C17H18FN3O2S. The van der Waals surface area contributed by atoms with Gasteiger partial charge in [0.05, 0.1) is 13.3 Å². The first kappa shape index (κ1) is 17.7. The molecule has 2 N–H and O–H groups in total. The molecule has 24 heavy (non-hydrogen) atoms. The van der Waals surface area contributed by atoms with Gasteiger partial charge in [-0.25, -0.2) is 4.39 Å². The zero-order chi connectivity index (χ0) is 17.4. The molecule has 0 bridgehead atoms. The molecule has 5 nitrogen and oxygen atoms in total. The lowest BCUT2D eigenvalue weighted by atomic mass is 10.2. The van der Waals surface area contributed by atoms with Gasteiger partial charge in [0.1, 0.15) is 12.4 Å². The fourth-order valence-electron chi connectivity index (χ4n) is 1.93. The fourth-order valence-corrected chi connectivity index (χ4v) is 1.98. The number of halogens is 1. The number of nitrogens with zero attached hydrogens (tertiary/aromatic N) is 1. The summed E-state index contributed by atoms with van der Waals surface area (Å²) in [5, 5.41) is 7.17. The highest BCUT2D eigenvalue weighted by molar-refractivity contribution is 7.80. The van der Waals surface area contributed by atoms with Crippen LogP contribution in [0.4, 0.5) is 4.39 Å². The van der Waals surface area contributed by atoms with Crippen molar-refractivity contribution < 1.29 is 13.9 Å². The lowest BCUT2D eigenvalue weighted by Gasteiger charge is -2.13. The summed E-state index contributed by atoms with van der Waals surface area (Å²) in [6.45, 7) is 0.0796. The van der Waals surface area contributed by atoms with Gasteiger partial charge in [-0.2, -0.15) is 5.10 Å². The van der Waals surface area contributed by atoms with E-state index in [-0.39, 0.29) is 12.4 Å². The zero-order valence-corrected chi connectivity index (χ0v) is 14.2. The number of methoxy groups -OCH3 is 1. The Morgan fingerprint density at radius 3 is 2.75 bits per heavy atom. The summed E-state index contributed by atoms with van der Waals surface area (Å²) in [5.74, 6) is 0.694. The van der Waals surface area contributed by atoms with E-state index >= 15 is 0 Å². The molecule has 0 heterocycles. The molecule has 0 saturated heterocycles. The standard InChI is InChI=1S/C17H18FN3O2S/c1-19-17(24)21-20-10-12-7-5-9-15(22-2)16(12)23-11-13-6-3-4-8-14(13)18/h3-10H,11H2,1-2H3,(H2,19,21,24)/b20-10+. The van der Waals surface area contributed by atoms with Crippen molar-refractivity contribution in [2.45, 2.75) is 6.61 Å². The molecule has 0 saturated carbocycles. The van der Waals surface area contributed by atoms with Gasteiger partial charge in [0, 0.05) is 18.2 Å². The number of rotatable bonds is 6. The molecule has 0 amide bonds. The van der Waals surface area contributed by atoms with Crippen LogP contribution in [-0.2, 0) is 6.61 Å². The Bertz CT molecular complexity index is 738. The summed E-state index contributed by atoms with van der Waals surface area (Å²) in [6.07, 6.45) is 1.56. The number of hydrogen-bond acceptors (Lipinski definition) is 4. The third-order valence-electron chi connectivity index (χ3n) is 3.16. The van der Waals surface area contributed by atoms with Crippen molar-refractivity contribution in [2.75, 3.05) is 14.2 Å². The molecule has 7 heteroatoms. The highest BCUT2D eigenvalue weighted by Gasteiger charge is 2.11. The van der Waals surface area contributed by atoms with Crippen molar-refractivity contribution in [1.29, 1.82) is 0 Å². The van der Waals surface area contributed by atoms with Crippen molar-refractivity contribution in [1.82, 2.24) is 10.7 Å². The third-order valence-corrected chi connectivity index (χ3v) is 3.45. The van der Waals surface area contributed by atoms with E-state index in [1.807, 2.05) is 12.1 Å². The van der Waals surface area contributed by atoms with E-state index in [1.165, 1.54) is 6.07 Å². The minimum Gasteiger partial charge on any atom is -0.493 e. The largest absolute Gasteiger partial charge is 0.493 e. The molecule has 2 aromatic rings. The number of hydrogen-bond donors (Lipinski definition) is 2. The molecule has 2 aromatic carbocycles. The second-order valence-electron chi connectivity index (χ2n) is 4.71. The number of nitrogens with one attached hydrogen (secondary N) is 2. The Morgan fingerprint density at radius 1 is 1.25 bits per heavy atom. The van der Waals surface area contributed by atoms with Gasteiger partial charge in [-0.1, -0.05) is 24.3 Å². The molecule has 0 spiro atoms. The number of para-hydroxylation sites is 1. The second kappa shape index (κ2) is 8.83. The maximum atomic E-state index is 13.7. The van der Waals surface area contributed by atoms with E-state index in [0.29, 0.717) is 27.7 Å². The van der Waals surface area contributed by atoms with Gasteiger partial charge in [0.15, 0.2) is 16.6 Å². The first-order chi connectivity index (χ1) is 11.7. The Labute approximate surface area is 145 Å². The molecule has 2 rings (SSSR count). The maximum Gasteiger partial charge on any atom is 0.186 e. The minimum atomic E-state index is -0.316. The van der Waals surface area contributed by atoms with Gasteiger partial charge in [-0.3, -0.25) is 5.43 Å². The number of thiocarbonyl (C=S) groups is 1. The van der Waals surface area contributed by atoms with Gasteiger partial charge in [0.2, 0.25) is 0 Å². The Hall–Kier alpha value is -2.67. The summed E-state index contributed by atoms with van der Waals surface area (Å²) >= 11 is 4.95. The van der Waals surface area contributed by atoms with Gasteiger partial charge in [-0.05, 0) is 30.4 Å². The third kappa shape index (κ3) is 4.66. The van der Waals surface area contributed by atoms with E-state index < -0.39 is 0 Å². The van der Waals surface area contributed by atoms with Gasteiger partial charge in [-0.15, -0.1) is 0 Å². The average Bonchev–Trinajstić information content (AvgIpc) is 2.61. The summed E-state index contributed by atoms with van der Waals surface area (Å²) < 4.78 is 24.8. The number of hydrazone groups is 1. The molecule has 0 radical (unpaired) electrons. The fraction of sp³-hybridized carbons (Fsp3) is 0.176. The van der Waals surface area contributed by atoms with Gasteiger partial charge >= 0.3 is 0 Å². The van der Waals surface area contributed by atoms with E-state index in [4.69, 9.17) is 21.7 Å². The van der Waals surface area contributed by atoms with Crippen LogP contribution in [0.2, 0.25) is 0 Å². The van der Waals surface area contributed by atoms with E-state index in [1.54, 1.807) is 44.6 Å². The van der Waals surface area contributed by atoms with Crippen molar-refractivity contribution in [3.05, 3.63) is 59.4 Å². The quantitative estimate of drug-likeness (QED) is 0.478. The summed E-state index contributed by atoms with van der Waals surface area (Å²) in [5.41, 5.74) is 3.80. The molecular weight excluding hydrogens is 329 g/mol. The van der Waals surface area contributed by atoms with Crippen LogP contribution in [0.5, 0.6) is 11.5 Å². The SMILES string of the molecule is CNC(=S)N/N=C/c1cccc(OC)c1OCc1ccccc1F. The van der Waals surface area contributed by atoms with Crippen LogP contribution >= 0.6 is 12.2 Å². The lowest BCUT2D eigenvalue weighted by Crippen LogP contribution is -2.28. The van der Waals surface area contributed by atoms with Crippen LogP contribution in [0.1, 0.15) is 11.1 Å². The smallest absolute Gasteiger partial charge is 0.186 e. The monoisotopic (exact) mass is 347 g/mol. The minimum absolute atomic E-state index is 0.0796. The molecule has 0 fully saturated rings. The molecule has 0 atom stereocenters. The maximum absolute atomic E-state index is 13.7. The van der Waals surface area contributed by atoms with Crippen LogP contribution in [0.25, 0.3) is 0 Å². The van der Waals surface area contributed by atoms with Crippen molar-refractivity contribution in [3.8, 4) is 11.5 Å². The molecule has 0 aliphatic heterocycles. The highest BCUT2D eigenvalue weighted by atomic mass is 32.1. The Morgan fingerprint density at radius 2 is 2.04 bits per heavy atom. The zero-order valence-electron chi connectivity index (χ0n) is 13.4. The Balaban J connectivity index is 2.20. The predicted molar refractivity (Wildman–Crippen MR) is 96.1 cm³/mol. The molecule has 0 aliphatic rings. The van der Waals surface area contributed by atoms with Crippen LogP contribution in [0, 0.1) is 5.82 Å². The van der Waals surface area contributed by atoms with E-state index in [9.17, 15) is 4.39 Å². The highest BCUT2D eigenvalue weighted by Crippen LogP contribution is 2.31. The van der Waals surface area contributed by atoms with Gasteiger partial charge < -0.3 is 14.8 Å². The Kier molecular flexibility index (Phi) is 6.51. The predicted octanol–water partition coefficient (Wildman–Crippen LogP) is 2.84. The lowest BCUT2D eigenvalue weighted by molar-refractivity contribution is 0.279. The number of ether oxygens (including phenoxy) is 2. The molecule has 0 aromatic heterocycles. The van der Waals surface area contributed by atoms with Crippen LogP contribution in [0.3, 0.4) is 0 Å². The van der Waals surface area contributed by atoms with Crippen LogP contribution in [0.15, 0.2) is 47.6 Å². The van der Waals surface area contributed by atoms with Crippen molar-refractivity contribution >= 4 is 23.5 Å². The van der Waals surface area contributed by atoms with Crippen molar-refractivity contribution in [2.24, 2.45) is 5.10 Å².